The first-order chi connectivity index (χ1) is 18.0. The number of imidazole rings is 1. The van der Waals surface area contributed by atoms with Gasteiger partial charge in [-0.1, -0.05) is 30.3 Å². The number of aromatic nitrogens is 4. The minimum atomic E-state index is -0.709. The van der Waals surface area contributed by atoms with Crippen LogP contribution >= 0.6 is 0 Å². The van der Waals surface area contributed by atoms with Gasteiger partial charge >= 0.3 is 5.97 Å². The highest BCUT2D eigenvalue weighted by Gasteiger charge is 2.29. The van der Waals surface area contributed by atoms with Gasteiger partial charge in [0.15, 0.2) is 0 Å². The van der Waals surface area contributed by atoms with E-state index in [-0.39, 0.29) is 11.8 Å². The Morgan fingerprint density at radius 2 is 1.84 bits per heavy atom. The van der Waals surface area contributed by atoms with Gasteiger partial charge in [-0.2, -0.15) is 0 Å². The van der Waals surface area contributed by atoms with Gasteiger partial charge in [0, 0.05) is 29.1 Å². The lowest BCUT2D eigenvalue weighted by atomic mass is 9.81. The molecule has 3 heterocycles. The molecule has 8 nitrogen and oxygen atoms in total. The fourth-order valence-electron chi connectivity index (χ4n) is 5.27. The lowest BCUT2D eigenvalue weighted by Gasteiger charge is -2.25. The third-order valence-electron chi connectivity index (χ3n) is 7.28. The zero-order valence-corrected chi connectivity index (χ0v) is 20.5. The van der Waals surface area contributed by atoms with E-state index in [1.165, 1.54) is 0 Å². The molecule has 0 bridgehead atoms. The molecule has 37 heavy (non-hydrogen) atoms. The predicted molar refractivity (Wildman–Crippen MR) is 142 cm³/mol. The molecule has 6 rings (SSSR count). The van der Waals surface area contributed by atoms with Crippen LogP contribution in [0.25, 0.3) is 27.7 Å². The van der Waals surface area contributed by atoms with Crippen molar-refractivity contribution in [3.8, 4) is 22.9 Å². The molecule has 8 heteroatoms. The number of fused-ring (bicyclic) bond motifs is 2. The minimum absolute atomic E-state index is 0.186. The summed E-state index contributed by atoms with van der Waals surface area (Å²) < 4.78 is 8.00. The summed E-state index contributed by atoms with van der Waals surface area (Å²) in [6, 6.07) is 17.6. The Labute approximate surface area is 213 Å². The van der Waals surface area contributed by atoms with E-state index in [9.17, 15) is 9.90 Å². The summed E-state index contributed by atoms with van der Waals surface area (Å²) in [6.45, 7) is 2.04. The fourth-order valence-corrected chi connectivity index (χ4v) is 5.27. The molecule has 0 aliphatic heterocycles. The van der Waals surface area contributed by atoms with Crippen molar-refractivity contribution in [1.82, 2.24) is 19.4 Å². The number of anilines is 1. The molecular weight excluding hydrogens is 466 g/mol. The van der Waals surface area contributed by atoms with E-state index in [0.29, 0.717) is 24.5 Å². The molecule has 2 aromatic carbocycles. The van der Waals surface area contributed by atoms with Crippen LogP contribution in [0.4, 0.5) is 5.82 Å². The van der Waals surface area contributed by atoms with Gasteiger partial charge in [0.1, 0.15) is 22.9 Å². The first kappa shape index (κ1) is 23.0. The average molecular weight is 494 g/mol. The number of ether oxygens (including phenoxy) is 1. The van der Waals surface area contributed by atoms with E-state index in [1.54, 1.807) is 6.20 Å². The van der Waals surface area contributed by atoms with Crippen molar-refractivity contribution in [1.29, 1.82) is 0 Å². The molecule has 186 valence electrons. The van der Waals surface area contributed by atoms with Gasteiger partial charge in [0.25, 0.3) is 0 Å². The number of aryl methyl sites for hydroxylation is 1. The molecule has 0 unspecified atom stereocenters. The van der Waals surface area contributed by atoms with E-state index < -0.39 is 5.97 Å². The van der Waals surface area contributed by atoms with Crippen LogP contribution in [-0.4, -0.2) is 30.4 Å². The highest BCUT2D eigenvalue weighted by Crippen LogP contribution is 2.37. The SMILES string of the molecule is Cc1cc(Oc2ccccc2)nc2cc(-c3cn4c(C5CCC(C(=O)O)CC5)ncc4c(N)n3)ccc12. The molecule has 3 N–H and O–H groups in total. The summed E-state index contributed by atoms with van der Waals surface area (Å²) in [5.41, 5.74) is 10.6. The van der Waals surface area contributed by atoms with E-state index in [4.69, 9.17) is 15.5 Å². The van der Waals surface area contributed by atoms with Crippen molar-refractivity contribution in [2.24, 2.45) is 5.92 Å². The molecular formula is C29H27N5O3. The molecule has 0 radical (unpaired) electrons. The van der Waals surface area contributed by atoms with E-state index >= 15 is 0 Å². The smallest absolute Gasteiger partial charge is 0.306 e. The summed E-state index contributed by atoms with van der Waals surface area (Å²) in [5.74, 6) is 1.78. The predicted octanol–water partition coefficient (Wildman–Crippen LogP) is 5.99. The molecule has 1 aliphatic rings. The summed E-state index contributed by atoms with van der Waals surface area (Å²) in [4.78, 5) is 25.5. The number of hydrogen-bond donors (Lipinski definition) is 2. The van der Waals surface area contributed by atoms with Crippen LogP contribution in [0.1, 0.15) is 43.0 Å². The second kappa shape index (κ2) is 9.20. The lowest BCUT2D eigenvalue weighted by molar-refractivity contribution is -0.142. The maximum Gasteiger partial charge on any atom is 0.306 e. The molecule has 0 spiro atoms. The van der Waals surface area contributed by atoms with Gasteiger partial charge in [-0.3, -0.25) is 9.20 Å². The van der Waals surface area contributed by atoms with E-state index in [1.807, 2.05) is 72.1 Å². The molecule has 0 amide bonds. The number of carboxylic acid groups (broad SMARTS) is 1. The van der Waals surface area contributed by atoms with Gasteiger partial charge < -0.3 is 15.6 Å². The van der Waals surface area contributed by atoms with Crippen LogP contribution < -0.4 is 10.5 Å². The van der Waals surface area contributed by atoms with Crippen molar-refractivity contribution < 1.29 is 14.6 Å². The molecule has 3 aromatic heterocycles. The Balaban J connectivity index is 1.36. The standard InChI is InChI=1S/C29H27N5O3/c1-17-13-26(37-21-5-3-2-4-6-21)32-23-14-20(11-12-22(17)23)24-16-34-25(27(30)33-24)15-31-28(34)18-7-9-19(10-8-18)29(35)36/h2-6,11-16,18-19H,7-10H2,1H3,(H2,30,33)(H,35,36). The van der Waals surface area contributed by atoms with Crippen LogP contribution in [0.3, 0.4) is 0 Å². The second-order valence-corrected chi connectivity index (χ2v) is 9.69. The van der Waals surface area contributed by atoms with Crippen LogP contribution in [-0.2, 0) is 4.79 Å². The summed E-state index contributed by atoms with van der Waals surface area (Å²) in [5, 5.41) is 10.4. The molecule has 0 saturated heterocycles. The quantitative estimate of drug-likeness (QED) is 0.309. The molecule has 5 aromatic rings. The second-order valence-electron chi connectivity index (χ2n) is 9.69. The maximum atomic E-state index is 11.4. The zero-order chi connectivity index (χ0) is 25.5. The first-order valence-electron chi connectivity index (χ1n) is 12.5. The van der Waals surface area contributed by atoms with Crippen LogP contribution in [0.15, 0.2) is 67.0 Å². The molecule has 1 saturated carbocycles. The third kappa shape index (κ3) is 4.35. The van der Waals surface area contributed by atoms with Gasteiger partial charge in [-0.05, 0) is 56.4 Å². The van der Waals surface area contributed by atoms with Crippen molar-refractivity contribution >= 4 is 28.2 Å². The number of pyridine rings is 1. The minimum Gasteiger partial charge on any atom is -0.481 e. The van der Waals surface area contributed by atoms with Gasteiger partial charge in [0.2, 0.25) is 5.88 Å². The molecule has 0 atom stereocenters. The largest absolute Gasteiger partial charge is 0.481 e. The number of para-hydroxylation sites is 1. The zero-order valence-electron chi connectivity index (χ0n) is 20.5. The number of nitrogen functional groups attached to an aromatic ring is 1. The summed E-state index contributed by atoms with van der Waals surface area (Å²) in [6.07, 6.45) is 6.61. The number of nitrogens with two attached hydrogens (primary N) is 1. The van der Waals surface area contributed by atoms with Crippen molar-refractivity contribution in [3.63, 3.8) is 0 Å². The highest BCUT2D eigenvalue weighted by atomic mass is 16.5. The van der Waals surface area contributed by atoms with Gasteiger partial charge in [-0.15, -0.1) is 0 Å². The van der Waals surface area contributed by atoms with E-state index in [2.05, 4.69) is 9.97 Å². The number of carbonyl (C=O) groups is 1. The van der Waals surface area contributed by atoms with E-state index in [0.717, 1.165) is 57.7 Å². The monoisotopic (exact) mass is 493 g/mol. The first-order valence-corrected chi connectivity index (χ1v) is 12.5. The number of nitrogens with zero attached hydrogens (tertiary/aromatic N) is 4. The number of hydrogen-bond acceptors (Lipinski definition) is 6. The number of aliphatic carboxylic acids is 1. The van der Waals surface area contributed by atoms with Gasteiger partial charge in [-0.25, -0.2) is 15.0 Å². The van der Waals surface area contributed by atoms with Crippen LogP contribution in [0.5, 0.6) is 11.6 Å². The average Bonchev–Trinajstić information content (AvgIpc) is 3.34. The fraction of sp³-hybridized carbons (Fsp3) is 0.241. The Hall–Kier alpha value is -4.46. The molecule has 1 fully saturated rings. The number of carboxylic acids is 1. The number of rotatable bonds is 5. The summed E-state index contributed by atoms with van der Waals surface area (Å²) >= 11 is 0. The van der Waals surface area contributed by atoms with Crippen molar-refractivity contribution in [2.45, 2.75) is 38.5 Å². The van der Waals surface area contributed by atoms with Crippen LogP contribution in [0.2, 0.25) is 0 Å². The Bertz CT molecular complexity index is 1620. The molecule has 1 aliphatic carbocycles. The highest BCUT2D eigenvalue weighted by molar-refractivity contribution is 5.87. The van der Waals surface area contributed by atoms with Crippen molar-refractivity contribution in [3.05, 3.63) is 78.4 Å². The maximum absolute atomic E-state index is 11.4. The summed E-state index contributed by atoms with van der Waals surface area (Å²) in [7, 11) is 0. The van der Waals surface area contributed by atoms with Gasteiger partial charge in [0.05, 0.1) is 23.3 Å². The third-order valence-corrected chi connectivity index (χ3v) is 7.28. The topological polar surface area (TPSA) is 116 Å². The van der Waals surface area contributed by atoms with Crippen molar-refractivity contribution in [2.75, 3.05) is 5.73 Å². The Kier molecular flexibility index (Phi) is 5.71. The Morgan fingerprint density at radius 1 is 1.05 bits per heavy atom. The number of benzene rings is 2. The normalized spacial score (nSPS) is 17.8. The van der Waals surface area contributed by atoms with Crippen LogP contribution in [0, 0.1) is 12.8 Å². The Morgan fingerprint density at radius 3 is 2.59 bits per heavy atom. The lowest BCUT2D eigenvalue weighted by Crippen LogP contribution is -2.21.